The van der Waals surface area contributed by atoms with Crippen molar-refractivity contribution >= 4 is 21.9 Å². The summed E-state index contributed by atoms with van der Waals surface area (Å²) in [6.45, 7) is 0. The molecule has 2 rings (SSSR count). The van der Waals surface area contributed by atoms with Crippen LogP contribution >= 0.6 is 15.9 Å². The van der Waals surface area contributed by atoms with Crippen molar-refractivity contribution in [1.29, 1.82) is 0 Å². The first-order valence-electron chi connectivity index (χ1n) is 4.08. The molecule has 0 saturated heterocycles. The van der Waals surface area contributed by atoms with Crippen molar-refractivity contribution in [3.05, 3.63) is 40.9 Å². The monoisotopic (exact) mass is 267 g/mol. The van der Waals surface area contributed by atoms with Crippen LogP contribution in [0, 0.1) is 0 Å². The van der Waals surface area contributed by atoms with Crippen LogP contribution in [0.2, 0.25) is 0 Å². The third-order valence-corrected chi connectivity index (χ3v) is 2.41. The first-order chi connectivity index (χ1) is 7.20. The van der Waals surface area contributed by atoms with Crippen LogP contribution in [0.3, 0.4) is 0 Å². The second kappa shape index (κ2) is 3.82. The number of rotatable bonds is 2. The van der Waals surface area contributed by atoms with Gasteiger partial charge in [-0.25, -0.2) is 14.5 Å². The highest BCUT2D eigenvalue weighted by Gasteiger charge is 2.13. The van der Waals surface area contributed by atoms with Crippen LogP contribution in [0.4, 0.5) is 0 Å². The third-order valence-electron chi connectivity index (χ3n) is 1.87. The zero-order valence-electron chi connectivity index (χ0n) is 7.46. The van der Waals surface area contributed by atoms with E-state index in [9.17, 15) is 4.79 Å². The maximum Gasteiger partial charge on any atom is 0.337 e. The predicted octanol–water partition coefficient (Wildman–Crippen LogP) is 1.73. The van der Waals surface area contributed by atoms with E-state index in [1.54, 1.807) is 18.2 Å². The smallest absolute Gasteiger partial charge is 0.337 e. The zero-order chi connectivity index (χ0) is 10.8. The fourth-order valence-corrected chi connectivity index (χ4v) is 1.60. The number of aromatic carboxylic acids is 1. The number of carbonyl (C=O) groups is 1. The fraction of sp³-hybridized carbons (Fsp3) is 0. The standard InChI is InChI=1S/C9H6BrN3O2/c10-9-11-5-12-13(9)7-4-2-1-3-6(7)8(14)15/h1-5H,(H,14,15). The summed E-state index contributed by atoms with van der Waals surface area (Å²) >= 11 is 3.18. The Labute approximate surface area is 93.5 Å². The van der Waals surface area contributed by atoms with Crippen molar-refractivity contribution in [2.45, 2.75) is 0 Å². The average Bonchev–Trinajstić information content (AvgIpc) is 2.64. The lowest BCUT2D eigenvalue weighted by Crippen LogP contribution is -2.06. The Morgan fingerprint density at radius 3 is 2.73 bits per heavy atom. The summed E-state index contributed by atoms with van der Waals surface area (Å²) in [7, 11) is 0. The molecule has 2 aromatic rings. The van der Waals surface area contributed by atoms with Crippen LogP contribution in [-0.2, 0) is 0 Å². The van der Waals surface area contributed by atoms with Gasteiger partial charge < -0.3 is 5.11 Å². The molecule has 0 radical (unpaired) electrons. The van der Waals surface area contributed by atoms with E-state index in [1.165, 1.54) is 17.1 Å². The largest absolute Gasteiger partial charge is 0.478 e. The molecule has 1 aromatic heterocycles. The van der Waals surface area contributed by atoms with Gasteiger partial charge in [0.05, 0.1) is 11.3 Å². The molecule has 0 unspecified atom stereocenters. The maximum absolute atomic E-state index is 11.0. The van der Waals surface area contributed by atoms with Crippen LogP contribution in [0.5, 0.6) is 0 Å². The molecule has 0 aliphatic carbocycles. The van der Waals surface area contributed by atoms with Crippen molar-refractivity contribution < 1.29 is 9.90 Å². The summed E-state index contributed by atoms with van der Waals surface area (Å²) in [6.07, 6.45) is 1.35. The summed E-state index contributed by atoms with van der Waals surface area (Å²) in [5.41, 5.74) is 0.665. The van der Waals surface area contributed by atoms with E-state index in [1.807, 2.05) is 0 Å². The van der Waals surface area contributed by atoms with E-state index in [0.29, 0.717) is 10.4 Å². The van der Waals surface area contributed by atoms with Gasteiger partial charge in [0.25, 0.3) is 0 Å². The van der Waals surface area contributed by atoms with E-state index in [-0.39, 0.29) is 5.56 Å². The quantitative estimate of drug-likeness (QED) is 0.900. The Balaban J connectivity index is 2.63. The van der Waals surface area contributed by atoms with Crippen molar-refractivity contribution in [1.82, 2.24) is 14.8 Å². The molecule has 5 nitrogen and oxygen atoms in total. The van der Waals surface area contributed by atoms with Gasteiger partial charge in [-0.3, -0.25) is 0 Å². The molecular formula is C9H6BrN3O2. The van der Waals surface area contributed by atoms with Gasteiger partial charge in [-0.15, -0.1) is 0 Å². The molecule has 6 heteroatoms. The molecule has 1 N–H and O–H groups in total. The maximum atomic E-state index is 11.0. The normalized spacial score (nSPS) is 10.2. The molecular weight excluding hydrogens is 262 g/mol. The fourth-order valence-electron chi connectivity index (χ4n) is 1.23. The second-order valence-corrected chi connectivity index (χ2v) is 3.47. The number of carboxylic acids is 1. The molecule has 1 heterocycles. The minimum absolute atomic E-state index is 0.184. The van der Waals surface area contributed by atoms with Crippen LogP contribution in [0.1, 0.15) is 10.4 Å². The topological polar surface area (TPSA) is 68.0 Å². The number of para-hydroxylation sites is 1. The van der Waals surface area contributed by atoms with Crippen molar-refractivity contribution in [2.75, 3.05) is 0 Å². The number of aromatic nitrogens is 3. The molecule has 0 fully saturated rings. The van der Waals surface area contributed by atoms with Crippen molar-refractivity contribution in [3.63, 3.8) is 0 Å². The van der Waals surface area contributed by atoms with Crippen molar-refractivity contribution in [2.24, 2.45) is 0 Å². The van der Waals surface area contributed by atoms with Gasteiger partial charge in [0, 0.05) is 0 Å². The van der Waals surface area contributed by atoms with Gasteiger partial charge in [0.1, 0.15) is 6.33 Å². The Hall–Kier alpha value is -1.69. The van der Waals surface area contributed by atoms with E-state index in [4.69, 9.17) is 5.11 Å². The highest BCUT2D eigenvalue weighted by Crippen LogP contribution is 2.17. The first-order valence-corrected chi connectivity index (χ1v) is 4.87. The SMILES string of the molecule is O=C(O)c1ccccc1-n1ncnc1Br. The number of hydrogen-bond donors (Lipinski definition) is 1. The number of benzene rings is 1. The van der Waals surface area contributed by atoms with Crippen LogP contribution in [0.25, 0.3) is 5.69 Å². The van der Waals surface area contributed by atoms with Gasteiger partial charge >= 0.3 is 5.97 Å². The van der Waals surface area contributed by atoms with Crippen LogP contribution in [-0.4, -0.2) is 25.8 Å². The lowest BCUT2D eigenvalue weighted by atomic mass is 10.2. The van der Waals surface area contributed by atoms with E-state index in [2.05, 4.69) is 26.0 Å². The lowest BCUT2D eigenvalue weighted by molar-refractivity contribution is 0.0696. The number of nitrogens with zero attached hydrogens (tertiary/aromatic N) is 3. The third kappa shape index (κ3) is 1.75. The average molecular weight is 268 g/mol. The number of hydrogen-bond acceptors (Lipinski definition) is 3. The number of halogens is 1. The minimum atomic E-state index is -0.993. The van der Waals surface area contributed by atoms with E-state index >= 15 is 0 Å². The molecule has 0 aliphatic heterocycles. The molecule has 1 aromatic carbocycles. The van der Waals surface area contributed by atoms with Gasteiger partial charge in [0.2, 0.25) is 0 Å². The molecule has 0 saturated carbocycles. The van der Waals surface area contributed by atoms with E-state index < -0.39 is 5.97 Å². The molecule has 0 atom stereocenters. The molecule has 0 amide bonds. The lowest BCUT2D eigenvalue weighted by Gasteiger charge is -2.05. The Bertz CT molecular complexity index is 510. The van der Waals surface area contributed by atoms with Crippen molar-refractivity contribution in [3.8, 4) is 5.69 Å². The summed E-state index contributed by atoms with van der Waals surface area (Å²) in [4.78, 5) is 14.8. The second-order valence-electron chi connectivity index (χ2n) is 2.76. The summed E-state index contributed by atoms with van der Waals surface area (Å²) in [6, 6.07) is 6.60. The van der Waals surface area contributed by atoms with Crippen LogP contribution in [0.15, 0.2) is 35.3 Å². The van der Waals surface area contributed by atoms with Gasteiger partial charge in [-0.1, -0.05) is 12.1 Å². The Morgan fingerprint density at radius 1 is 1.40 bits per heavy atom. The predicted molar refractivity (Wildman–Crippen MR) is 56.0 cm³/mol. The Kier molecular flexibility index (Phi) is 2.51. The molecule has 0 bridgehead atoms. The van der Waals surface area contributed by atoms with E-state index in [0.717, 1.165) is 0 Å². The summed E-state index contributed by atoms with van der Waals surface area (Å²) in [5.74, 6) is -0.993. The molecule has 0 spiro atoms. The molecule has 0 aliphatic rings. The summed E-state index contributed by atoms with van der Waals surface area (Å²) in [5, 5.41) is 12.9. The first kappa shape index (κ1) is 9.85. The van der Waals surface area contributed by atoms with Gasteiger partial charge in [-0.05, 0) is 28.1 Å². The highest BCUT2D eigenvalue weighted by molar-refractivity contribution is 9.10. The van der Waals surface area contributed by atoms with Gasteiger partial charge in [0.15, 0.2) is 4.73 Å². The summed E-state index contributed by atoms with van der Waals surface area (Å²) < 4.78 is 1.89. The number of carboxylic acid groups (broad SMARTS) is 1. The highest BCUT2D eigenvalue weighted by atomic mass is 79.9. The zero-order valence-corrected chi connectivity index (χ0v) is 9.05. The van der Waals surface area contributed by atoms with Gasteiger partial charge in [-0.2, -0.15) is 5.10 Å². The Morgan fingerprint density at radius 2 is 2.13 bits per heavy atom. The molecule has 15 heavy (non-hydrogen) atoms. The molecule has 76 valence electrons. The minimum Gasteiger partial charge on any atom is -0.478 e. The van der Waals surface area contributed by atoms with Crippen LogP contribution < -0.4 is 0 Å².